The van der Waals surface area contributed by atoms with Crippen LogP contribution >= 0.6 is 11.7 Å². The Balaban J connectivity index is 2.24. The molecule has 1 N–H and O–H groups in total. The number of hydrogen-bond acceptors (Lipinski definition) is 5. The zero-order valence-corrected chi connectivity index (χ0v) is 10.3. The van der Waals surface area contributed by atoms with Gasteiger partial charge in [0.2, 0.25) is 0 Å². The van der Waals surface area contributed by atoms with Gasteiger partial charge in [-0.05, 0) is 13.3 Å². The van der Waals surface area contributed by atoms with Crippen molar-refractivity contribution in [3.63, 3.8) is 0 Å². The summed E-state index contributed by atoms with van der Waals surface area (Å²) in [6, 6.07) is 0. The van der Waals surface area contributed by atoms with E-state index in [2.05, 4.69) is 26.1 Å². The minimum absolute atomic E-state index is 0.849. The van der Waals surface area contributed by atoms with Gasteiger partial charge in [-0.15, -0.1) is 0 Å². The minimum Gasteiger partial charge on any atom is -0.368 e. The molecule has 6 heteroatoms. The van der Waals surface area contributed by atoms with Gasteiger partial charge in [0.15, 0.2) is 5.82 Å². The highest BCUT2D eigenvalue weighted by Gasteiger charge is 2.11. The largest absolute Gasteiger partial charge is 0.368 e. The van der Waals surface area contributed by atoms with Gasteiger partial charge in [0.05, 0.1) is 17.9 Å². The summed E-state index contributed by atoms with van der Waals surface area (Å²) in [4.78, 5) is 0. The van der Waals surface area contributed by atoms with Crippen LogP contribution in [0.5, 0.6) is 0 Å². The number of nitrogens with one attached hydrogen (secondary N) is 1. The highest BCUT2D eigenvalue weighted by molar-refractivity contribution is 6.99. The molecule has 5 nitrogen and oxygen atoms in total. The van der Waals surface area contributed by atoms with Gasteiger partial charge in [-0.1, -0.05) is 6.92 Å². The molecule has 0 spiro atoms. The van der Waals surface area contributed by atoms with Crippen LogP contribution < -0.4 is 5.32 Å². The standard InChI is InChI=1S/C10H15N5S/c1-3-5-15-7-8(6-12-15)9-10(11-4-2)14-16-13-9/h6-7H,3-5H2,1-2H3,(H,11,14). The SMILES string of the molecule is CCCn1cc(-c2nsnc2NCC)cn1. The minimum atomic E-state index is 0.849. The van der Waals surface area contributed by atoms with Crippen molar-refractivity contribution in [2.24, 2.45) is 0 Å². The maximum Gasteiger partial charge on any atom is 0.168 e. The number of hydrogen-bond donors (Lipinski definition) is 1. The molecule has 2 aromatic rings. The first-order valence-electron chi connectivity index (χ1n) is 5.44. The Morgan fingerprint density at radius 3 is 3.00 bits per heavy atom. The number of aromatic nitrogens is 4. The highest BCUT2D eigenvalue weighted by atomic mass is 32.1. The first-order chi connectivity index (χ1) is 7.85. The fourth-order valence-electron chi connectivity index (χ4n) is 1.50. The Hall–Kier alpha value is -1.43. The molecule has 2 aromatic heterocycles. The lowest BCUT2D eigenvalue weighted by Crippen LogP contribution is -1.98. The monoisotopic (exact) mass is 237 g/mol. The fraction of sp³-hybridized carbons (Fsp3) is 0.500. The zero-order chi connectivity index (χ0) is 11.4. The lowest BCUT2D eigenvalue weighted by atomic mass is 10.2. The van der Waals surface area contributed by atoms with Crippen LogP contribution in [0, 0.1) is 0 Å². The quantitative estimate of drug-likeness (QED) is 0.866. The van der Waals surface area contributed by atoms with Crippen molar-refractivity contribution in [1.82, 2.24) is 18.5 Å². The third-order valence-electron chi connectivity index (χ3n) is 2.19. The van der Waals surface area contributed by atoms with E-state index < -0.39 is 0 Å². The second-order valence-corrected chi connectivity index (χ2v) is 4.01. The van der Waals surface area contributed by atoms with Gasteiger partial charge in [0.1, 0.15) is 5.69 Å². The maximum absolute atomic E-state index is 4.29. The maximum atomic E-state index is 4.29. The number of anilines is 1. The average Bonchev–Trinajstić information content (AvgIpc) is 2.87. The summed E-state index contributed by atoms with van der Waals surface area (Å²) in [5, 5.41) is 7.48. The van der Waals surface area contributed by atoms with E-state index in [0.717, 1.165) is 36.6 Å². The number of rotatable bonds is 5. The van der Waals surface area contributed by atoms with Gasteiger partial charge in [-0.3, -0.25) is 4.68 Å². The van der Waals surface area contributed by atoms with Gasteiger partial charge in [-0.25, -0.2) is 0 Å². The molecule has 2 heterocycles. The molecular formula is C10H15N5S. The van der Waals surface area contributed by atoms with Crippen molar-refractivity contribution < 1.29 is 0 Å². The van der Waals surface area contributed by atoms with Crippen molar-refractivity contribution in [3.8, 4) is 11.3 Å². The summed E-state index contributed by atoms with van der Waals surface area (Å²) in [5.41, 5.74) is 1.92. The fourth-order valence-corrected chi connectivity index (χ4v) is 2.05. The Morgan fingerprint density at radius 1 is 1.38 bits per heavy atom. The molecule has 0 aliphatic carbocycles. The highest BCUT2D eigenvalue weighted by Crippen LogP contribution is 2.25. The molecular weight excluding hydrogens is 222 g/mol. The number of nitrogens with zero attached hydrogens (tertiary/aromatic N) is 4. The Bertz CT molecular complexity index is 448. The molecule has 2 rings (SSSR count). The first kappa shape index (κ1) is 11.1. The molecule has 0 bridgehead atoms. The average molecular weight is 237 g/mol. The van der Waals surface area contributed by atoms with Crippen LogP contribution in [0.25, 0.3) is 11.3 Å². The van der Waals surface area contributed by atoms with Crippen molar-refractivity contribution in [3.05, 3.63) is 12.4 Å². The van der Waals surface area contributed by atoms with Crippen LogP contribution in [0.15, 0.2) is 12.4 Å². The van der Waals surface area contributed by atoms with Gasteiger partial charge in [-0.2, -0.15) is 13.8 Å². The topological polar surface area (TPSA) is 55.6 Å². The Labute approximate surface area is 98.8 Å². The second-order valence-electron chi connectivity index (χ2n) is 3.48. The molecule has 16 heavy (non-hydrogen) atoms. The van der Waals surface area contributed by atoms with E-state index in [1.807, 2.05) is 24.0 Å². The van der Waals surface area contributed by atoms with E-state index in [0.29, 0.717) is 0 Å². The summed E-state index contributed by atoms with van der Waals surface area (Å²) in [7, 11) is 0. The lowest BCUT2D eigenvalue weighted by molar-refractivity contribution is 0.603. The normalized spacial score (nSPS) is 10.6. The van der Waals surface area contributed by atoms with E-state index in [1.165, 1.54) is 11.7 Å². The zero-order valence-electron chi connectivity index (χ0n) is 9.47. The second kappa shape index (κ2) is 5.07. The molecule has 0 atom stereocenters. The molecule has 86 valence electrons. The lowest BCUT2D eigenvalue weighted by Gasteiger charge is -1.99. The van der Waals surface area contributed by atoms with Gasteiger partial charge < -0.3 is 5.32 Å². The van der Waals surface area contributed by atoms with Gasteiger partial charge >= 0.3 is 0 Å². The smallest absolute Gasteiger partial charge is 0.168 e. The predicted octanol–water partition coefficient (Wildman–Crippen LogP) is 2.24. The Kier molecular flexibility index (Phi) is 3.51. The van der Waals surface area contributed by atoms with Crippen LogP contribution in [0.2, 0.25) is 0 Å². The molecule has 0 fully saturated rings. The predicted molar refractivity (Wildman–Crippen MR) is 65.6 cm³/mol. The molecule has 0 saturated heterocycles. The van der Waals surface area contributed by atoms with Gasteiger partial charge in [0.25, 0.3) is 0 Å². The molecule has 0 saturated carbocycles. The van der Waals surface area contributed by atoms with Crippen LogP contribution in [0.1, 0.15) is 20.3 Å². The van der Waals surface area contributed by atoms with Crippen molar-refractivity contribution in [2.75, 3.05) is 11.9 Å². The summed E-state index contributed by atoms with van der Waals surface area (Å²) < 4.78 is 10.4. The van der Waals surface area contributed by atoms with Crippen LogP contribution in [0.4, 0.5) is 5.82 Å². The molecule has 0 amide bonds. The summed E-state index contributed by atoms with van der Waals surface area (Å²) in [6.45, 7) is 5.97. The summed E-state index contributed by atoms with van der Waals surface area (Å²) in [5.74, 6) is 0.851. The third-order valence-corrected chi connectivity index (χ3v) is 2.72. The van der Waals surface area contributed by atoms with Crippen molar-refractivity contribution >= 4 is 17.5 Å². The molecule has 0 aliphatic heterocycles. The Morgan fingerprint density at radius 2 is 2.25 bits per heavy atom. The van der Waals surface area contributed by atoms with E-state index in [9.17, 15) is 0 Å². The van der Waals surface area contributed by atoms with E-state index in [1.54, 1.807) is 0 Å². The van der Waals surface area contributed by atoms with E-state index in [-0.39, 0.29) is 0 Å². The summed E-state index contributed by atoms with van der Waals surface area (Å²) >= 11 is 1.22. The van der Waals surface area contributed by atoms with Crippen molar-refractivity contribution in [1.29, 1.82) is 0 Å². The van der Waals surface area contributed by atoms with E-state index in [4.69, 9.17) is 0 Å². The molecule has 0 unspecified atom stereocenters. The summed E-state index contributed by atoms with van der Waals surface area (Å²) in [6.07, 6.45) is 4.94. The van der Waals surface area contributed by atoms with Gasteiger partial charge in [0, 0.05) is 24.8 Å². The first-order valence-corrected chi connectivity index (χ1v) is 6.17. The van der Waals surface area contributed by atoms with Crippen LogP contribution in [-0.4, -0.2) is 25.1 Å². The van der Waals surface area contributed by atoms with E-state index >= 15 is 0 Å². The van der Waals surface area contributed by atoms with Crippen LogP contribution in [0.3, 0.4) is 0 Å². The van der Waals surface area contributed by atoms with Crippen molar-refractivity contribution in [2.45, 2.75) is 26.8 Å². The van der Waals surface area contributed by atoms with Crippen LogP contribution in [-0.2, 0) is 6.54 Å². The molecule has 0 aliphatic rings. The third kappa shape index (κ3) is 2.21. The molecule has 0 radical (unpaired) electrons. The number of aryl methyl sites for hydroxylation is 1. The molecule has 0 aromatic carbocycles.